The first kappa shape index (κ1) is 12.9. The van der Waals surface area contributed by atoms with Gasteiger partial charge >= 0.3 is 41.7 Å². The van der Waals surface area contributed by atoms with Crippen LogP contribution in [0, 0.1) is 0 Å². The second-order valence-electron chi connectivity index (χ2n) is 1.22. The summed E-state index contributed by atoms with van der Waals surface area (Å²) in [5, 5.41) is 0. The summed E-state index contributed by atoms with van der Waals surface area (Å²) in [6.07, 6.45) is -4.85. The minimum atomic E-state index is -4.85. The molecule has 0 spiro atoms. The Bertz CT molecular complexity index is 112. The molecule has 0 radical (unpaired) electrons. The van der Waals surface area contributed by atoms with Gasteiger partial charge < -0.3 is 4.74 Å². The third-order valence-electron chi connectivity index (χ3n) is 0.507. The average molecular weight is 166 g/mol. The molecule has 0 aliphatic heterocycles. The van der Waals surface area contributed by atoms with E-state index in [4.69, 9.17) is 0 Å². The quantitative estimate of drug-likeness (QED) is 0.418. The molecule has 0 rings (SSSR count). The van der Waals surface area contributed by atoms with Crippen molar-refractivity contribution in [3.05, 3.63) is 0 Å². The van der Waals surface area contributed by atoms with E-state index in [-0.39, 0.29) is 36.2 Å². The van der Waals surface area contributed by atoms with E-state index in [1.165, 1.54) is 6.92 Å². The minimum absolute atomic E-state index is 0. The van der Waals surface area contributed by atoms with Crippen LogP contribution in [0.15, 0.2) is 0 Å². The molecule has 0 aromatic carbocycles. The second-order valence-corrected chi connectivity index (χ2v) is 1.22. The van der Waals surface area contributed by atoms with Crippen molar-refractivity contribution < 1.29 is 22.7 Å². The molecule has 0 amide bonds. The molecule has 2 nitrogen and oxygen atoms in total. The fourth-order valence-electron chi connectivity index (χ4n) is 0.213. The summed E-state index contributed by atoms with van der Waals surface area (Å²) in [7, 11) is 0. The Morgan fingerprint density at radius 1 is 1.50 bits per heavy atom. The Morgan fingerprint density at radius 2 is 1.90 bits per heavy atom. The molecule has 0 aliphatic carbocycles. The van der Waals surface area contributed by atoms with Crippen LogP contribution in [0.2, 0.25) is 0 Å². The molecule has 0 fully saturated rings. The van der Waals surface area contributed by atoms with E-state index in [9.17, 15) is 18.0 Å². The summed E-state index contributed by atoms with van der Waals surface area (Å²) in [5.41, 5.74) is 0. The van der Waals surface area contributed by atoms with Crippen LogP contribution in [-0.2, 0) is 9.53 Å². The summed E-state index contributed by atoms with van der Waals surface area (Å²) in [5.74, 6) is -2.13. The van der Waals surface area contributed by atoms with Crippen molar-refractivity contribution in [1.82, 2.24) is 0 Å². The maximum absolute atomic E-state index is 11.2. The van der Waals surface area contributed by atoms with Gasteiger partial charge in [-0.2, -0.15) is 13.2 Å². The van der Waals surface area contributed by atoms with E-state index in [1.807, 2.05) is 0 Å². The van der Waals surface area contributed by atoms with Crippen LogP contribution in [0.4, 0.5) is 13.2 Å². The average Bonchev–Trinajstić information content (AvgIpc) is 1.64. The molecule has 0 aromatic rings. The number of hydrogen-bond donors (Lipinski definition) is 0. The first-order valence-corrected chi connectivity index (χ1v) is 2.22. The van der Waals surface area contributed by atoms with Crippen LogP contribution in [-0.4, -0.2) is 48.3 Å². The van der Waals surface area contributed by atoms with Gasteiger partial charge in [-0.1, -0.05) is 0 Å². The van der Waals surface area contributed by atoms with Gasteiger partial charge in [0, 0.05) is 0 Å². The molecule has 0 atom stereocenters. The fraction of sp³-hybridized carbons (Fsp3) is 0.750. The molecule has 10 heavy (non-hydrogen) atoms. The summed E-state index contributed by atoms with van der Waals surface area (Å²) >= 11 is 0. The van der Waals surface area contributed by atoms with Gasteiger partial charge in [0.25, 0.3) is 0 Å². The van der Waals surface area contributed by atoms with Gasteiger partial charge in [-0.15, -0.1) is 0 Å². The Morgan fingerprint density at radius 3 is 2.00 bits per heavy atom. The third kappa shape index (κ3) is 5.08. The monoisotopic (exact) mass is 166 g/mol. The van der Waals surface area contributed by atoms with Gasteiger partial charge in [0.05, 0.1) is 6.61 Å². The zero-order valence-electron chi connectivity index (χ0n) is 4.66. The van der Waals surface area contributed by atoms with Crippen LogP contribution >= 0.6 is 0 Å². The van der Waals surface area contributed by atoms with Crippen LogP contribution in [0.25, 0.3) is 0 Å². The molecular weight excluding hydrogens is 160 g/mol. The molecule has 0 saturated heterocycles. The Balaban J connectivity index is 0. The van der Waals surface area contributed by atoms with Gasteiger partial charge in [0.1, 0.15) is 0 Å². The van der Waals surface area contributed by atoms with Crippen LogP contribution in [0.5, 0.6) is 0 Å². The number of esters is 1. The van der Waals surface area contributed by atoms with E-state index >= 15 is 0 Å². The summed E-state index contributed by atoms with van der Waals surface area (Å²) in [4.78, 5) is 9.72. The Kier molecular flexibility index (Phi) is 6.43. The first-order chi connectivity index (χ1) is 3.98. The second kappa shape index (κ2) is 4.98. The molecule has 0 saturated carbocycles. The van der Waals surface area contributed by atoms with E-state index in [0.29, 0.717) is 0 Å². The molecule has 0 heterocycles. The number of rotatable bonds is 1. The van der Waals surface area contributed by atoms with Crippen molar-refractivity contribution in [1.29, 1.82) is 0 Å². The number of carbonyl (C=O) groups is 1. The molecule has 0 unspecified atom stereocenters. The van der Waals surface area contributed by atoms with Gasteiger partial charge in [0.15, 0.2) is 0 Å². The zero-order valence-corrected chi connectivity index (χ0v) is 4.66. The van der Waals surface area contributed by atoms with Crippen molar-refractivity contribution >= 4 is 35.5 Å². The summed E-state index contributed by atoms with van der Waals surface area (Å²) in [6.45, 7) is 1.06. The van der Waals surface area contributed by atoms with E-state index in [1.54, 1.807) is 0 Å². The topological polar surface area (TPSA) is 26.3 Å². The van der Waals surface area contributed by atoms with Gasteiger partial charge in [0.2, 0.25) is 0 Å². The van der Waals surface area contributed by atoms with E-state index in [0.717, 1.165) is 0 Å². The number of carbonyl (C=O) groups excluding carboxylic acids is 1. The van der Waals surface area contributed by atoms with Gasteiger partial charge in [-0.3, -0.25) is 0 Å². The molecule has 0 aliphatic rings. The van der Waals surface area contributed by atoms with Crippen molar-refractivity contribution in [2.75, 3.05) is 6.61 Å². The number of halogens is 3. The van der Waals surface area contributed by atoms with Gasteiger partial charge in [-0.25, -0.2) is 4.79 Å². The summed E-state index contributed by atoms with van der Waals surface area (Å²) < 4.78 is 37.1. The van der Waals surface area contributed by atoms with E-state index in [2.05, 4.69) is 4.74 Å². The predicted octanol–water partition coefficient (Wildman–Crippen LogP) is 0.463. The molecule has 0 N–H and O–H groups in total. The normalized spacial score (nSPS) is 10.0. The number of ether oxygens (including phenoxy) is 1. The predicted molar refractivity (Wildman–Crippen MR) is 29.8 cm³/mol. The number of alkyl halides is 3. The third-order valence-corrected chi connectivity index (χ3v) is 0.507. The Labute approximate surface area is 78.0 Å². The fourth-order valence-corrected chi connectivity index (χ4v) is 0.213. The number of hydrogen-bond acceptors (Lipinski definition) is 2. The molecule has 56 valence electrons. The Hall–Kier alpha value is 0.260. The van der Waals surface area contributed by atoms with Crippen molar-refractivity contribution in [2.45, 2.75) is 13.1 Å². The SMILES string of the molecule is CCOC(=O)C(F)(F)F.[NaH]. The molecular formula is C4H6F3NaO2. The zero-order chi connectivity index (χ0) is 7.49. The van der Waals surface area contributed by atoms with E-state index < -0.39 is 12.1 Å². The van der Waals surface area contributed by atoms with Crippen molar-refractivity contribution in [2.24, 2.45) is 0 Å². The van der Waals surface area contributed by atoms with Crippen LogP contribution in [0.3, 0.4) is 0 Å². The molecule has 6 heteroatoms. The molecule has 0 aromatic heterocycles. The van der Waals surface area contributed by atoms with Crippen molar-refractivity contribution in [3.63, 3.8) is 0 Å². The van der Waals surface area contributed by atoms with Gasteiger partial charge in [-0.05, 0) is 6.92 Å². The standard InChI is InChI=1S/C4H5F3O2.Na.H/c1-2-9-3(8)4(5,6)7;;/h2H2,1H3;;. The summed E-state index contributed by atoms with van der Waals surface area (Å²) in [6, 6.07) is 0. The maximum atomic E-state index is 11.2. The first-order valence-electron chi connectivity index (χ1n) is 2.22. The van der Waals surface area contributed by atoms with Crippen LogP contribution in [0.1, 0.15) is 6.92 Å². The van der Waals surface area contributed by atoms with Crippen LogP contribution < -0.4 is 0 Å². The van der Waals surface area contributed by atoms with Crippen molar-refractivity contribution in [3.8, 4) is 0 Å². The molecule has 0 bridgehead atoms.